The molecule has 3 nitrogen and oxygen atoms in total. The standard InChI is InChI=1S/C10H8N2O/c1-8(12-7-13)10-5-3-2-4-9(10)6-11/h2-5,8H,1H3. The molecule has 0 aliphatic carbocycles. The maximum Gasteiger partial charge on any atom is 0.235 e. The van der Waals surface area contributed by atoms with Gasteiger partial charge >= 0.3 is 0 Å². The predicted octanol–water partition coefficient (Wildman–Crippen LogP) is 1.96. The normalized spacial score (nSPS) is 11.1. The van der Waals surface area contributed by atoms with E-state index in [2.05, 4.69) is 4.99 Å². The van der Waals surface area contributed by atoms with Crippen molar-refractivity contribution in [3.05, 3.63) is 35.4 Å². The molecule has 3 heteroatoms. The summed E-state index contributed by atoms with van der Waals surface area (Å²) in [6.45, 7) is 1.75. The molecular formula is C10H8N2O. The molecule has 0 saturated carbocycles. The molecule has 13 heavy (non-hydrogen) atoms. The van der Waals surface area contributed by atoms with Gasteiger partial charge in [-0.15, -0.1) is 0 Å². The van der Waals surface area contributed by atoms with Crippen molar-refractivity contribution in [2.24, 2.45) is 4.99 Å². The molecule has 0 saturated heterocycles. The van der Waals surface area contributed by atoms with Crippen LogP contribution < -0.4 is 0 Å². The molecule has 64 valence electrons. The highest BCUT2D eigenvalue weighted by atomic mass is 16.1. The number of benzene rings is 1. The summed E-state index contributed by atoms with van der Waals surface area (Å²) in [4.78, 5) is 13.6. The Morgan fingerprint density at radius 3 is 2.77 bits per heavy atom. The summed E-state index contributed by atoms with van der Waals surface area (Å²) in [5.41, 5.74) is 1.31. The van der Waals surface area contributed by atoms with Crippen LogP contribution in [0, 0.1) is 11.3 Å². The Balaban J connectivity index is 3.14. The van der Waals surface area contributed by atoms with Gasteiger partial charge in [0, 0.05) is 0 Å². The van der Waals surface area contributed by atoms with E-state index in [1.807, 2.05) is 12.1 Å². The van der Waals surface area contributed by atoms with Crippen LogP contribution in [0.3, 0.4) is 0 Å². The van der Waals surface area contributed by atoms with Crippen LogP contribution in [0.15, 0.2) is 29.3 Å². The minimum Gasteiger partial charge on any atom is -0.211 e. The molecule has 0 aliphatic heterocycles. The van der Waals surface area contributed by atoms with E-state index >= 15 is 0 Å². The van der Waals surface area contributed by atoms with Crippen LogP contribution in [0.2, 0.25) is 0 Å². The SMILES string of the molecule is CC(N=C=O)c1ccccc1C#N. The van der Waals surface area contributed by atoms with Crippen LogP contribution in [0.4, 0.5) is 0 Å². The van der Waals surface area contributed by atoms with E-state index in [9.17, 15) is 4.79 Å². The van der Waals surface area contributed by atoms with Gasteiger partial charge < -0.3 is 0 Å². The molecule has 0 N–H and O–H groups in total. The fourth-order valence-corrected chi connectivity index (χ4v) is 1.11. The fraction of sp³-hybridized carbons (Fsp3) is 0.200. The molecule has 0 bridgehead atoms. The van der Waals surface area contributed by atoms with Gasteiger partial charge in [-0.3, -0.25) is 0 Å². The van der Waals surface area contributed by atoms with Gasteiger partial charge in [-0.2, -0.15) is 10.3 Å². The Kier molecular flexibility index (Phi) is 2.97. The van der Waals surface area contributed by atoms with E-state index in [1.165, 1.54) is 6.08 Å². The van der Waals surface area contributed by atoms with Crippen LogP contribution in [0.5, 0.6) is 0 Å². The number of isocyanates is 1. The first-order valence-electron chi connectivity index (χ1n) is 3.85. The third-order valence-corrected chi connectivity index (χ3v) is 1.78. The lowest BCUT2D eigenvalue weighted by Gasteiger charge is -2.05. The van der Waals surface area contributed by atoms with E-state index in [0.717, 1.165) is 5.56 Å². The Morgan fingerprint density at radius 2 is 2.15 bits per heavy atom. The van der Waals surface area contributed by atoms with Crippen molar-refractivity contribution in [2.45, 2.75) is 13.0 Å². The molecule has 0 amide bonds. The predicted molar refractivity (Wildman–Crippen MR) is 47.7 cm³/mol. The molecule has 0 aromatic heterocycles. The van der Waals surface area contributed by atoms with Gasteiger partial charge in [0.05, 0.1) is 17.7 Å². The summed E-state index contributed by atoms with van der Waals surface area (Å²) < 4.78 is 0. The topological polar surface area (TPSA) is 53.2 Å². The van der Waals surface area contributed by atoms with E-state index in [1.54, 1.807) is 25.1 Å². The molecular weight excluding hydrogens is 164 g/mol. The first-order chi connectivity index (χ1) is 6.29. The number of carbonyl (C=O) groups excluding carboxylic acids is 1. The molecule has 0 spiro atoms. The highest BCUT2D eigenvalue weighted by Gasteiger charge is 2.07. The van der Waals surface area contributed by atoms with Crippen molar-refractivity contribution in [1.82, 2.24) is 0 Å². The summed E-state index contributed by atoms with van der Waals surface area (Å²) in [6.07, 6.45) is 1.48. The maximum atomic E-state index is 10.0. The van der Waals surface area contributed by atoms with Crippen LogP contribution in [-0.4, -0.2) is 6.08 Å². The van der Waals surface area contributed by atoms with Gasteiger partial charge in [0.15, 0.2) is 0 Å². The molecule has 0 heterocycles. The highest BCUT2D eigenvalue weighted by Crippen LogP contribution is 2.19. The van der Waals surface area contributed by atoms with Gasteiger partial charge in [0.1, 0.15) is 0 Å². The Morgan fingerprint density at radius 1 is 1.46 bits per heavy atom. The lowest BCUT2D eigenvalue weighted by molar-refractivity contribution is 0.559. The maximum absolute atomic E-state index is 10.0. The highest BCUT2D eigenvalue weighted by molar-refractivity contribution is 5.42. The lowest BCUT2D eigenvalue weighted by Crippen LogP contribution is -1.92. The zero-order chi connectivity index (χ0) is 9.68. The molecule has 0 fully saturated rings. The van der Waals surface area contributed by atoms with Gasteiger partial charge in [-0.25, -0.2) is 4.79 Å². The molecule has 0 aliphatic rings. The minimum atomic E-state index is -0.298. The van der Waals surface area contributed by atoms with E-state index in [-0.39, 0.29) is 6.04 Å². The largest absolute Gasteiger partial charge is 0.235 e. The van der Waals surface area contributed by atoms with Crippen molar-refractivity contribution in [1.29, 1.82) is 5.26 Å². The second-order valence-electron chi connectivity index (χ2n) is 2.60. The average molecular weight is 172 g/mol. The molecule has 1 unspecified atom stereocenters. The minimum absolute atomic E-state index is 0.298. The number of nitriles is 1. The van der Waals surface area contributed by atoms with Gasteiger partial charge in [-0.05, 0) is 18.6 Å². The Bertz CT molecular complexity index is 386. The summed E-state index contributed by atoms with van der Waals surface area (Å²) in [6, 6.07) is 8.82. The number of hydrogen-bond donors (Lipinski definition) is 0. The van der Waals surface area contributed by atoms with Crippen molar-refractivity contribution in [2.75, 3.05) is 0 Å². The second-order valence-corrected chi connectivity index (χ2v) is 2.60. The Labute approximate surface area is 76.3 Å². The van der Waals surface area contributed by atoms with Crippen molar-refractivity contribution >= 4 is 6.08 Å². The van der Waals surface area contributed by atoms with Crippen LogP contribution >= 0.6 is 0 Å². The van der Waals surface area contributed by atoms with Crippen LogP contribution in [0.25, 0.3) is 0 Å². The molecule has 1 aromatic carbocycles. The van der Waals surface area contributed by atoms with E-state index in [4.69, 9.17) is 5.26 Å². The first-order valence-corrected chi connectivity index (χ1v) is 3.85. The number of aliphatic imine (C=N–C) groups is 1. The van der Waals surface area contributed by atoms with Crippen molar-refractivity contribution in [3.8, 4) is 6.07 Å². The van der Waals surface area contributed by atoms with Gasteiger partial charge in [-0.1, -0.05) is 18.2 Å². The second kappa shape index (κ2) is 4.20. The summed E-state index contributed by atoms with van der Waals surface area (Å²) in [5, 5.41) is 8.75. The third-order valence-electron chi connectivity index (χ3n) is 1.78. The van der Waals surface area contributed by atoms with Crippen molar-refractivity contribution < 1.29 is 4.79 Å². The summed E-state index contributed by atoms with van der Waals surface area (Å²) >= 11 is 0. The number of nitrogens with zero attached hydrogens (tertiary/aromatic N) is 2. The average Bonchev–Trinajstić information content (AvgIpc) is 2.18. The zero-order valence-corrected chi connectivity index (χ0v) is 7.19. The van der Waals surface area contributed by atoms with E-state index < -0.39 is 0 Å². The van der Waals surface area contributed by atoms with Crippen LogP contribution in [-0.2, 0) is 4.79 Å². The Hall–Kier alpha value is -1.91. The first kappa shape index (κ1) is 9.18. The van der Waals surface area contributed by atoms with Crippen molar-refractivity contribution in [3.63, 3.8) is 0 Å². The van der Waals surface area contributed by atoms with Gasteiger partial charge in [0.2, 0.25) is 6.08 Å². The number of rotatable bonds is 2. The summed E-state index contributed by atoms with van der Waals surface area (Å²) in [7, 11) is 0. The third kappa shape index (κ3) is 2.02. The zero-order valence-electron chi connectivity index (χ0n) is 7.19. The lowest BCUT2D eigenvalue weighted by atomic mass is 10.0. The summed E-state index contributed by atoms with van der Waals surface area (Å²) in [5.74, 6) is 0. The molecule has 1 rings (SSSR count). The van der Waals surface area contributed by atoms with Crippen LogP contribution in [0.1, 0.15) is 24.1 Å². The molecule has 1 atom stereocenters. The molecule has 0 radical (unpaired) electrons. The fourth-order valence-electron chi connectivity index (χ4n) is 1.11. The quantitative estimate of drug-likeness (QED) is 0.505. The number of hydrogen-bond acceptors (Lipinski definition) is 3. The smallest absolute Gasteiger partial charge is 0.211 e. The van der Waals surface area contributed by atoms with Gasteiger partial charge in [0.25, 0.3) is 0 Å². The monoisotopic (exact) mass is 172 g/mol. The molecule has 1 aromatic rings. The van der Waals surface area contributed by atoms with E-state index in [0.29, 0.717) is 5.56 Å².